The van der Waals surface area contributed by atoms with Crippen molar-refractivity contribution in [3.05, 3.63) is 23.8 Å². The molecule has 1 aromatic rings. The van der Waals surface area contributed by atoms with Gasteiger partial charge in [-0.1, -0.05) is 13.0 Å². The highest BCUT2D eigenvalue weighted by molar-refractivity contribution is 5.43. The third-order valence-corrected chi connectivity index (χ3v) is 2.75. The van der Waals surface area contributed by atoms with Crippen LogP contribution in [0.5, 0.6) is 11.5 Å². The summed E-state index contributed by atoms with van der Waals surface area (Å²) in [7, 11) is 3.18. The summed E-state index contributed by atoms with van der Waals surface area (Å²) in [6.45, 7) is 4.79. The van der Waals surface area contributed by atoms with Gasteiger partial charge < -0.3 is 19.9 Å². The van der Waals surface area contributed by atoms with E-state index in [2.05, 4.69) is 5.32 Å². The lowest BCUT2D eigenvalue weighted by atomic mass is 10.0. The Labute approximate surface area is 103 Å². The summed E-state index contributed by atoms with van der Waals surface area (Å²) in [5.74, 6) is 1.30. The van der Waals surface area contributed by atoms with E-state index < -0.39 is 6.10 Å². The molecule has 0 bridgehead atoms. The highest BCUT2D eigenvalue weighted by Gasteiger charge is 2.17. The topological polar surface area (TPSA) is 50.7 Å². The van der Waals surface area contributed by atoms with Crippen LogP contribution in [0.2, 0.25) is 0 Å². The normalized spacial score (nSPS) is 14.2. The zero-order valence-electron chi connectivity index (χ0n) is 10.9. The molecule has 0 fully saturated rings. The quantitative estimate of drug-likeness (QED) is 0.794. The monoisotopic (exact) mass is 239 g/mol. The maximum Gasteiger partial charge on any atom is 0.161 e. The minimum atomic E-state index is -0.560. The molecular weight excluding hydrogens is 218 g/mol. The number of nitrogens with one attached hydrogen (secondary N) is 1. The van der Waals surface area contributed by atoms with Crippen LogP contribution in [-0.2, 0) is 0 Å². The van der Waals surface area contributed by atoms with Crippen molar-refractivity contribution in [2.45, 2.75) is 26.0 Å². The van der Waals surface area contributed by atoms with Crippen molar-refractivity contribution in [2.24, 2.45) is 0 Å². The van der Waals surface area contributed by atoms with Gasteiger partial charge in [-0.25, -0.2) is 0 Å². The van der Waals surface area contributed by atoms with Gasteiger partial charge in [-0.2, -0.15) is 0 Å². The molecule has 1 rings (SSSR count). The summed E-state index contributed by atoms with van der Waals surface area (Å²) in [4.78, 5) is 0. The van der Waals surface area contributed by atoms with Crippen LogP contribution in [0.15, 0.2) is 18.2 Å². The molecule has 96 valence electrons. The number of aliphatic hydroxyl groups is 1. The van der Waals surface area contributed by atoms with Crippen molar-refractivity contribution < 1.29 is 14.6 Å². The standard InChI is InChI=1S/C13H21NO3/c1-5-14-9(2)13(15)10-6-7-11(16-3)12(8-10)17-4/h6-9,13-15H,5H2,1-4H3. The SMILES string of the molecule is CCNC(C)C(O)c1ccc(OC)c(OC)c1. The van der Waals surface area contributed by atoms with Gasteiger partial charge in [-0.15, -0.1) is 0 Å². The number of ether oxygens (including phenoxy) is 2. The molecule has 2 N–H and O–H groups in total. The van der Waals surface area contributed by atoms with Gasteiger partial charge in [0.1, 0.15) is 0 Å². The van der Waals surface area contributed by atoms with Gasteiger partial charge >= 0.3 is 0 Å². The molecule has 2 unspecified atom stereocenters. The van der Waals surface area contributed by atoms with Crippen molar-refractivity contribution in [1.29, 1.82) is 0 Å². The molecule has 0 aliphatic heterocycles. The first-order valence-electron chi connectivity index (χ1n) is 5.77. The van der Waals surface area contributed by atoms with Gasteiger partial charge in [0.05, 0.1) is 20.3 Å². The Morgan fingerprint density at radius 2 is 1.88 bits per heavy atom. The van der Waals surface area contributed by atoms with Crippen molar-refractivity contribution in [3.63, 3.8) is 0 Å². The molecule has 4 heteroatoms. The Hall–Kier alpha value is -1.26. The van der Waals surface area contributed by atoms with Gasteiger partial charge in [0, 0.05) is 6.04 Å². The number of aliphatic hydroxyl groups excluding tert-OH is 1. The van der Waals surface area contributed by atoms with E-state index in [1.165, 1.54) is 0 Å². The van der Waals surface area contributed by atoms with Gasteiger partial charge in [0.15, 0.2) is 11.5 Å². The van der Waals surface area contributed by atoms with E-state index in [1.54, 1.807) is 26.4 Å². The Kier molecular flexibility index (Phi) is 5.25. The molecule has 0 saturated heterocycles. The average molecular weight is 239 g/mol. The van der Waals surface area contributed by atoms with Gasteiger partial charge in [0.2, 0.25) is 0 Å². The largest absolute Gasteiger partial charge is 0.493 e. The molecule has 2 atom stereocenters. The van der Waals surface area contributed by atoms with Gasteiger partial charge in [0.25, 0.3) is 0 Å². The number of hydrogen-bond donors (Lipinski definition) is 2. The molecule has 0 aliphatic carbocycles. The molecular formula is C13H21NO3. The van der Waals surface area contributed by atoms with Gasteiger partial charge in [-0.3, -0.25) is 0 Å². The molecule has 0 aromatic heterocycles. The second-order valence-corrected chi connectivity index (χ2v) is 3.91. The first-order valence-corrected chi connectivity index (χ1v) is 5.77. The number of methoxy groups -OCH3 is 2. The van der Waals surface area contributed by atoms with Crippen molar-refractivity contribution >= 4 is 0 Å². The minimum absolute atomic E-state index is 0.00176. The van der Waals surface area contributed by atoms with E-state index in [1.807, 2.05) is 19.9 Å². The van der Waals surface area contributed by atoms with Crippen molar-refractivity contribution in [3.8, 4) is 11.5 Å². The van der Waals surface area contributed by atoms with Crippen LogP contribution in [-0.4, -0.2) is 31.9 Å². The predicted molar refractivity (Wildman–Crippen MR) is 67.6 cm³/mol. The fraction of sp³-hybridized carbons (Fsp3) is 0.538. The number of likely N-dealkylation sites (N-methyl/N-ethyl adjacent to an activating group) is 1. The fourth-order valence-electron chi connectivity index (χ4n) is 1.76. The number of rotatable bonds is 6. The van der Waals surface area contributed by atoms with Crippen LogP contribution in [0.25, 0.3) is 0 Å². The van der Waals surface area contributed by atoms with E-state index in [0.717, 1.165) is 12.1 Å². The number of benzene rings is 1. The van der Waals surface area contributed by atoms with Crippen LogP contribution in [0.4, 0.5) is 0 Å². The zero-order chi connectivity index (χ0) is 12.8. The maximum atomic E-state index is 10.1. The molecule has 0 aliphatic rings. The lowest BCUT2D eigenvalue weighted by Crippen LogP contribution is -2.31. The Balaban J connectivity index is 2.91. The molecule has 0 radical (unpaired) electrons. The first kappa shape index (κ1) is 13.8. The number of hydrogen-bond acceptors (Lipinski definition) is 4. The average Bonchev–Trinajstić information content (AvgIpc) is 2.37. The zero-order valence-corrected chi connectivity index (χ0v) is 10.9. The molecule has 0 spiro atoms. The third-order valence-electron chi connectivity index (χ3n) is 2.75. The molecule has 1 aromatic carbocycles. The Morgan fingerprint density at radius 1 is 1.24 bits per heavy atom. The predicted octanol–water partition coefficient (Wildman–Crippen LogP) is 1.74. The minimum Gasteiger partial charge on any atom is -0.493 e. The summed E-state index contributed by atoms with van der Waals surface area (Å²) in [6.07, 6.45) is -0.560. The summed E-state index contributed by atoms with van der Waals surface area (Å²) in [5, 5.41) is 13.3. The lowest BCUT2D eigenvalue weighted by Gasteiger charge is -2.20. The fourth-order valence-corrected chi connectivity index (χ4v) is 1.76. The summed E-state index contributed by atoms with van der Waals surface area (Å²) in [5.41, 5.74) is 0.816. The van der Waals surface area contributed by atoms with Crippen molar-refractivity contribution in [1.82, 2.24) is 5.32 Å². The van der Waals surface area contributed by atoms with Crippen LogP contribution in [0.1, 0.15) is 25.5 Å². The third kappa shape index (κ3) is 3.35. The van der Waals surface area contributed by atoms with E-state index in [9.17, 15) is 5.11 Å². The smallest absolute Gasteiger partial charge is 0.161 e. The Bertz CT molecular complexity index is 355. The lowest BCUT2D eigenvalue weighted by molar-refractivity contribution is 0.136. The van der Waals surface area contributed by atoms with E-state index in [4.69, 9.17) is 9.47 Å². The maximum absolute atomic E-state index is 10.1. The summed E-state index contributed by atoms with van der Waals surface area (Å²) < 4.78 is 10.4. The second-order valence-electron chi connectivity index (χ2n) is 3.91. The second kappa shape index (κ2) is 6.47. The summed E-state index contributed by atoms with van der Waals surface area (Å²) in [6, 6.07) is 5.45. The highest BCUT2D eigenvalue weighted by Crippen LogP contribution is 2.30. The van der Waals surface area contributed by atoms with E-state index >= 15 is 0 Å². The van der Waals surface area contributed by atoms with Crippen LogP contribution >= 0.6 is 0 Å². The van der Waals surface area contributed by atoms with Crippen molar-refractivity contribution in [2.75, 3.05) is 20.8 Å². The highest BCUT2D eigenvalue weighted by atomic mass is 16.5. The van der Waals surface area contributed by atoms with Gasteiger partial charge in [-0.05, 0) is 31.2 Å². The van der Waals surface area contributed by atoms with E-state index in [0.29, 0.717) is 11.5 Å². The van der Waals surface area contributed by atoms with Crippen LogP contribution < -0.4 is 14.8 Å². The van der Waals surface area contributed by atoms with Crippen LogP contribution in [0, 0.1) is 0 Å². The Morgan fingerprint density at radius 3 is 2.41 bits per heavy atom. The first-order chi connectivity index (χ1) is 8.13. The molecule has 0 saturated carbocycles. The van der Waals surface area contributed by atoms with Crippen LogP contribution in [0.3, 0.4) is 0 Å². The molecule has 0 amide bonds. The van der Waals surface area contributed by atoms with E-state index in [-0.39, 0.29) is 6.04 Å². The summed E-state index contributed by atoms with van der Waals surface area (Å²) >= 11 is 0. The molecule has 4 nitrogen and oxygen atoms in total. The molecule has 17 heavy (non-hydrogen) atoms. The molecule has 0 heterocycles.